The molecular formula is C15H31N3O2S. The first kappa shape index (κ1) is 17.2. The zero-order valence-electron chi connectivity index (χ0n) is 13.6. The monoisotopic (exact) mass is 317 g/mol. The van der Waals surface area contributed by atoms with E-state index in [9.17, 15) is 8.42 Å². The molecule has 2 aliphatic rings. The van der Waals surface area contributed by atoms with Gasteiger partial charge < -0.3 is 5.32 Å². The Labute approximate surface area is 130 Å². The number of piperidine rings is 1. The van der Waals surface area contributed by atoms with Crippen molar-refractivity contribution < 1.29 is 8.42 Å². The molecule has 0 spiro atoms. The van der Waals surface area contributed by atoms with E-state index >= 15 is 0 Å². The van der Waals surface area contributed by atoms with E-state index in [1.165, 1.54) is 0 Å². The summed E-state index contributed by atoms with van der Waals surface area (Å²) in [5.41, 5.74) is 0. The van der Waals surface area contributed by atoms with Crippen molar-refractivity contribution in [2.75, 3.05) is 26.2 Å². The molecule has 2 fully saturated rings. The molecule has 1 aliphatic heterocycles. The lowest BCUT2D eigenvalue weighted by molar-refractivity contribution is 0.224. The highest BCUT2D eigenvalue weighted by atomic mass is 32.2. The molecule has 0 aromatic heterocycles. The van der Waals surface area contributed by atoms with Crippen molar-refractivity contribution >= 4 is 10.2 Å². The minimum Gasteiger partial charge on any atom is -0.315 e. The van der Waals surface area contributed by atoms with Crippen molar-refractivity contribution in [2.24, 2.45) is 0 Å². The largest absolute Gasteiger partial charge is 0.315 e. The fourth-order valence-electron chi connectivity index (χ4n) is 3.09. The minimum atomic E-state index is -3.29. The topological polar surface area (TPSA) is 52.7 Å². The van der Waals surface area contributed by atoms with E-state index in [1.807, 2.05) is 0 Å². The molecule has 1 atom stereocenters. The Morgan fingerprint density at radius 1 is 1.19 bits per heavy atom. The van der Waals surface area contributed by atoms with Gasteiger partial charge in [0.25, 0.3) is 10.2 Å². The zero-order chi connectivity index (χ0) is 15.3. The van der Waals surface area contributed by atoms with Crippen LogP contribution in [0.5, 0.6) is 0 Å². The molecule has 1 saturated heterocycles. The minimum absolute atomic E-state index is 0.131. The molecule has 0 bridgehead atoms. The molecule has 0 aromatic rings. The van der Waals surface area contributed by atoms with Crippen LogP contribution >= 0.6 is 0 Å². The maximum absolute atomic E-state index is 13.1. The molecule has 0 radical (unpaired) electrons. The van der Waals surface area contributed by atoms with Crippen LogP contribution < -0.4 is 5.32 Å². The van der Waals surface area contributed by atoms with Crippen LogP contribution in [0.3, 0.4) is 0 Å². The molecule has 1 saturated carbocycles. The van der Waals surface area contributed by atoms with E-state index in [0.29, 0.717) is 13.1 Å². The average molecular weight is 317 g/mol. The van der Waals surface area contributed by atoms with Crippen molar-refractivity contribution in [2.45, 2.75) is 70.9 Å². The van der Waals surface area contributed by atoms with Crippen LogP contribution in [0, 0.1) is 0 Å². The number of hydrogen-bond donors (Lipinski definition) is 1. The summed E-state index contributed by atoms with van der Waals surface area (Å²) < 4.78 is 29.7. The van der Waals surface area contributed by atoms with Crippen LogP contribution in [-0.2, 0) is 10.2 Å². The fourth-order valence-corrected chi connectivity index (χ4v) is 5.22. The summed E-state index contributed by atoms with van der Waals surface area (Å²) in [6.45, 7) is 7.24. The van der Waals surface area contributed by atoms with Gasteiger partial charge in [0.15, 0.2) is 0 Å². The molecule has 0 aromatic carbocycles. The number of rotatable bonds is 9. The average Bonchev–Trinajstić information content (AvgIpc) is 3.30. The van der Waals surface area contributed by atoms with Gasteiger partial charge in [-0.15, -0.1) is 0 Å². The number of nitrogens with zero attached hydrogens (tertiary/aromatic N) is 2. The molecule has 6 heteroatoms. The van der Waals surface area contributed by atoms with Gasteiger partial charge in [0, 0.05) is 31.7 Å². The van der Waals surface area contributed by atoms with Crippen LogP contribution in [0.1, 0.15) is 58.8 Å². The molecular weight excluding hydrogens is 286 g/mol. The number of unbranched alkanes of at least 4 members (excludes halogenated alkanes) is 1. The van der Waals surface area contributed by atoms with E-state index < -0.39 is 10.2 Å². The van der Waals surface area contributed by atoms with E-state index in [0.717, 1.165) is 58.0 Å². The summed E-state index contributed by atoms with van der Waals surface area (Å²) in [5, 5.41) is 3.32. The molecule has 2 rings (SSSR count). The summed E-state index contributed by atoms with van der Waals surface area (Å²) in [6.07, 6.45) is 7.19. The van der Waals surface area contributed by atoms with Crippen LogP contribution in [0.15, 0.2) is 0 Å². The summed E-state index contributed by atoms with van der Waals surface area (Å²) in [5.74, 6) is 0. The maximum Gasteiger partial charge on any atom is 0.282 e. The molecule has 21 heavy (non-hydrogen) atoms. The van der Waals surface area contributed by atoms with Gasteiger partial charge in [-0.05, 0) is 38.6 Å². The molecule has 0 amide bonds. The van der Waals surface area contributed by atoms with Crippen LogP contribution in [-0.4, -0.2) is 55.3 Å². The van der Waals surface area contributed by atoms with Crippen LogP contribution in [0.4, 0.5) is 0 Å². The molecule has 124 valence electrons. The van der Waals surface area contributed by atoms with E-state index in [-0.39, 0.29) is 12.1 Å². The Morgan fingerprint density at radius 3 is 2.57 bits per heavy atom. The lowest BCUT2D eigenvalue weighted by Gasteiger charge is -2.38. The van der Waals surface area contributed by atoms with Crippen LogP contribution in [0.2, 0.25) is 0 Å². The van der Waals surface area contributed by atoms with E-state index in [2.05, 4.69) is 19.2 Å². The Hall–Kier alpha value is -0.170. The van der Waals surface area contributed by atoms with Gasteiger partial charge in [-0.25, -0.2) is 0 Å². The smallest absolute Gasteiger partial charge is 0.282 e. The lowest BCUT2D eigenvalue weighted by atomic mass is 10.1. The highest BCUT2D eigenvalue weighted by Crippen LogP contribution is 2.33. The SMILES string of the molecule is CCCCN(C1CC1)S(=O)(=O)N1CCCCC1CNCC. The predicted octanol–water partition coefficient (Wildman–Crippen LogP) is 1.96. The normalized spacial score (nSPS) is 24.6. The molecule has 1 N–H and O–H groups in total. The molecule has 5 nitrogen and oxygen atoms in total. The summed E-state index contributed by atoms with van der Waals surface area (Å²) in [6, 6.07) is 0.398. The quantitative estimate of drug-likeness (QED) is 0.707. The Morgan fingerprint density at radius 2 is 1.95 bits per heavy atom. The Kier molecular flexibility index (Phi) is 6.47. The van der Waals surface area contributed by atoms with Gasteiger partial charge in [-0.3, -0.25) is 0 Å². The fraction of sp³-hybridized carbons (Fsp3) is 1.00. The van der Waals surface area contributed by atoms with Crippen molar-refractivity contribution in [3.05, 3.63) is 0 Å². The molecule has 1 heterocycles. The second kappa shape index (κ2) is 7.90. The third-order valence-electron chi connectivity index (χ3n) is 4.48. The van der Waals surface area contributed by atoms with Gasteiger partial charge in [0.05, 0.1) is 0 Å². The third-order valence-corrected chi connectivity index (χ3v) is 6.63. The first-order chi connectivity index (χ1) is 10.1. The summed E-state index contributed by atoms with van der Waals surface area (Å²) in [4.78, 5) is 0. The van der Waals surface area contributed by atoms with E-state index in [1.54, 1.807) is 8.61 Å². The molecule has 1 unspecified atom stereocenters. The number of nitrogens with one attached hydrogen (secondary N) is 1. The van der Waals surface area contributed by atoms with Gasteiger partial charge >= 0.3 is 0 Å². The zero-order valence-corrected chi connectivity index (χ0v) is 14.4. The maximum atomic E-state index is 13.1. The van der Waals surface area contributed by atoms with Crippen molar-refractivity contribution in [3.8, 4) is 0 Å². The van der Waals surface area contributed by atoms with Crippen LogP contribution in [0.25, 0.3) is 0 Å². The summed E-state index contributed by atoms with van der Waals surface area (Å²) in [7, 11) is -3.29. The standard InChI is InChI=1S/C15H31N3O2S/c1-3-5-11-17(14-9-10-14)21(19,20)18-12-7-6-8-15(18)13-16-4-2/h14-16H,3-13H2,1-2H3. The van der Waals surface area contributed by atoms with Gasteiger partial charge in [-0.2, -0.15) is 17.0 Å². The van der Waals surface area contributed by atoms with Crippen molar-refractivity contribution in [3.63, 3.8) is 0 Å². The van der Waals surface area contributed by atoms with Gasteiger partial charge in [0.1, 0.15) is 0 Å². The predicted molar refractivity (Wildman–Crippen MR) is 86.4 cm³/mol. The highest BCUT2D eigenvalue weighted by Gasteiger charge is 2.42. The van der Waals surface area contributed by atoms with Crippen molar-refractivity contribution in [1.29, 1.82) is 0 Å². The van der Waals surface area contributed by atoms with Gasteiger partial charge in [0.2, 0.25) is 0 Å². The van der Waals surface area contributed by atoms with Gasteiger partial charge in [-0.1, -0.05) is 26.7 Å². The third kappa shape index (κ3) is 4.41. The number of likely N-dealkylation sites (N-methyl/N-ethyl adjacent to an activating group) is 1. The van der Waals surface area contributed by atoms with Crippen molar-refractivity contribution in [1.82, 2.24) is 13.9 Å². The summed E-state index contributed by atoms with van der Waals surface area (Å²) >= 11 is 0. The second-order valence-corrected chi connectivity index (χ2v) is 8.10. The van der Waals surface area contributed by atoms with E-state index in [4.69, 9.17) is 0 Å². The first-order valence-corrected chi connectivity index (χ1v) is 10.00. The highest BCUT2D eigenvalue weighted by molar-refractivity contribution is 7.86. The first-order valence-electron chi connectivity index (χ1n) is 8.60. The Balaban J connectivity index is 2.09. The number of hydrogen-bond acceptors (Lipinski definition) is 3. The second-order valence-electron chi connectivity index (χ2n) is 6.27. The molecule has 1 aliphatic carbocycles. The lowest BCUT2D eigenvalue weighted by Crippen LogP contribution is -2.54. The Bertz CT molecular complexity index is 409.